The van der Waals surface area contributed by atoms with Crippen molar-refractivity contribution in [3.05, 3.63) is 58.4 Å². The van der Waals surface area contributed by atoms with Crippen molar-refractivity contribution in [2.24, 2.45) is 0 Å². The minimum atomic E-state index is 0.536. The molecule has 0 bridgehead atoms. The monoisotopic (exact) mass is 334 g/mol. The van der Waals surface area contributed by atoms with Crippen molar-refractivity contribution < 1.29 is 4.74 Å². The average Bonchev–Trinajstić information content (AvgIpc) is 2.53. The molecule has 0 radical (unpaired) electrons. The highest BCUT2D eigenvalue weighted by atomic mass is 35.5. The summed E-state index contributed by atoms with van der Waals surface area (Å²) < 4.78 is 7.91. The molecule has 0 saturated carbocycles. The lowest BCUT2D eigenvalue weighted by molar-refractivity contribution is 0.310. The van der Waals surface area contributed by atoms with Gasteiger partial charge in [0.1, 0.15) is 10.9 Å². The zero-order chi connectivity index (χ0) is 15.4. The number of rotatable bonds is 5. The second-order valence-corrected chi connectivity index (χ2v) is 6.46. The molecule has 1 aliphatic rings. The van der Waals surface area contributed by atoms with Gasteiger partial charge in [-0.05, 0) is 54.2 Å². The van der Waals surface area contributed by atoms with Gasteiger partial charge in [0.25, 0.3) is 0 Å². The van der Waals surface area contributed by atoms with Gasteiger partial charge in [-0.25, -0.2) is 9.29 Å². The third-order valence-corrected chi connectivity index (χ3v) is 4.40. The zero-order valence-electron chi connectivity index (χ0n) is 12.3. The normalized spacial score (nSPS) is 14.6. The summed E-state index contributed by atoms with van der Waals surface area (Å²) in [7, 11) is 0. The molecule has 0 aliphatic carbocycles. The second-order valence-electron chi connectivity index (χ2n) is 5.51. The molecule has 0 N–H and O–H groups in total. The molecule has 1 aromatic carbocycles. The minimum Gasteiger partial charge on any atom is -0.494 e. The largest absolute Gasteiger partial charge is 0.494 e. The fraction of sp³-hybridized carbons (Fsp3) is 0.353. The third-order valence-electron chi connectivity index (χ3n) is 3.84. The number of pyridine rings is 1. The van der Waals surface area contributed by atoms with Crippen LogP contribution in [0.15, 0.2) is 36.5 Å². The first kappa shape index (κ1) is 15.7. The van der Waals surface area contributed by atoms with E-state index in [0.717, 1.165) is 38.1 Å². The molecular formula is C17H19ClN2OS. The predicted molar refractivity (Wildman–Crippen MR) is 92.6 cm³/mol. The smallest absolute Gasteiger partial charge is 0.129 e. The highest BCUT2D eigenvalue weighted by Crippen LogP contribution is 2.24. The fourth-order valence-electron chi connectivity index (χ4n) is 2.62. The molecular weight excluding hydrogens is 316 g/mol. The van der Waals surface area contributed by atoms with E-state index in [4.69, 9.17) is 16.3 Å². The van der Waals surface area contributed by atoms with Crippen LogP contribution < -0.4 is 4.74 Å². The number of hydrogen-bond acceptors (Lipinski definition) is 4. The quantitative estimate of drug-likeness (QED) is 0.509. The summed E-state index contributed by atoms with van der Waals surface area (Å²) in [6.07, 6.45) is 4.77. The number of ether oxygens (including phenoxy) is 1. The Labute approximate surface area is 141 Å². The Balaban J connectivity index is 1.48. The third kappa shape index (κ3) is 4.15. The van der Waals surface area contributed by atoms with E-state index in [2.05, 4.69) is 36.0 Å². The molecule has 1 aliphatic heterocycles. The maximum absolute atomic E-state index is 5.87. The number of hydrogen-bond donors (Lipinski definition) is 1. The number of benzene rings is 1. The van der Waals surface area contributed by atoms with E-state index in [9.17, 15) is 0 Å². The Morgan fingerprint density at radius 1 is 1.23 bits per heavy atom. The van der Waals surface area contributed by atoms with Crippen molar-refractivity contribution in [3.8, 4) is 5.75 Å². The maximum Gasteiger partial charge on any atom is 0.129 e. The first-order chi connectivity index (χ1) is 10.7. The first-order valence-electron chi connectivity index (χ1n) is 7.49. The molecule has 0 saturated heterocycles. The van der Waals surface area contributed by atoms with Gasteiger partial charge >= 0.3 is 0 Å². The molecule has 116 valence electrons. The highest BCUT2D eigenvalue weighted by molar-refractivity contribution is 7.77. The molecule has 22 heavy (non-hydrogen) atoms. The topological polar surface area (TPSA) is 25.4 Å². The molecule has 0 unspecified atom stereocenters. The fourth-order valence-corrected chi connectivity index (χ4v) is 2.99. The van der Waals surface area contributed by atoms with Crippen LogP contribution >= 0.6 is 24.4 Å². The molecule has 0 fully saturated rings. The Morgan fingerprint density at radius 3 is 2.95 bits per heavy atom. The van der Waals surface area contributed by atoms with E-state index < -0.39 is 0 Å². The predicted octanol–water partition coefficient (Wildman–Crippen LogP) is 3.95. The Kier molecular flexibility index (Phi) is 5.24. The lowest BCUT2D eigenvalue weighted by atomic mass is 10.0. The van der Waals surface area contributed by atoms with Crippen molar-refractivity contribution in [3.63, 3.8) is 0 Å². The number of fused-ring (bicyclic) bond motifs is 1. The van der Waals surface area contributed by atoms with Gasteiger partial charge in [-0.15, -0.1) is 0 Å². The van der Waals surface area contributed by atoms with E-state index >= 15 is 0 Å². The maximum atomic E-state index is 5.87. The minimum absolute atomic E-state index is 0.536. The summed E-state index contributed by atoms with van der Waals surface area (Å²) in [6.45, 7) is 2.60. The summed E-state index contributed by atoms with van der Waals surface area (Å²) in [4.78, 5) is 4.08. The summed E-state index contributed by atoms with van der Waals surface area (Å²) in [5.41, 5.74) is 3.91. The first-order valence-corrected chi connectivity index (χ1v) is 8.27. The van der Waals surface area contributed by atoms with Crippen LogP contribution in [-0.2, 0) is 19.4 Å². The Bertz CT molecular complexity index is 633. The molecule has 0 amide bonds. The van der Waals surface area contributed by atoms with Gasteiger partial charge in [-0.2, -0.15) is 0 Å². The number of aromatic nitrogens is 1. The molecule has 1 aromatic heterocycles. The van der Waals surface area contributed by atoms with Crippen molar-refractivity contribution in [1.29, 1.82) is 0 Å². The van der Waals surface area contributed by atoms with E-state index in [1.807, 2.05) is 22.6 Å². The lowest BCUT2D eigenvalue weighted by Gasteiger charge is -2.24. The van der Waals surface area contributed by atoms with Crippen LogP contribution in [-0.4, -0.2) is 22.4 Å². The molecule has 3 rings (SSSR count). The Morgan fingerprint density at radius 2 is 2.14 bits per heavy atom. The summed E-state index contributed by atoms with van der Waals surface area (Å²) >= 11 is 10.2. The summed E-state index contributed by atoms with van der Waals surface area (Å²) in [6, 6.07) is 10.2. The van der Waals surface area contributed by atoms with Crippen molar-refractivity contribution in [1.82, 2.24) is 9.29 Å². The molecule has 5 heteroatoms. The molecule has 0 atom stereocenters. The van der Waals surface area contributed by atoms with Crippen LogP contribution in [0.5, 0.6) is 5.75 Å². The van der Waals surface area contributed by atoms with Crippen LogP contribution in [0.2, 0.25) is 5.15 Å². The van der Waals surface area contributed by atoms with Gasteiger partial charge in [0.05, 0.1) is 6.61 Å². The molecule has 3 nitrogen and oxygen atoms in total. The second kappa shape index (κ2) is 7.36. The van der Waals surface area contributed by atoms with Crippen LogP contribution in [0.4, 0.5) is 0 Å². The van der Waals surface area contributed by atoms with E-state index in [1.165, 1.54) is 16.7 Å². The Hall–Kier alpha value is -1.23. The molecule has 2 aromatic rings. The number of aryl methyl sites for hydroxylation is 1. The zero-order valence-corrected chi connectivity index (χ0v) is 14.0. The average molecular weight is 335 g/mol. The van der Waals surface area contributed by atoms with Crippen molar-refractivity contribution in [2.45, 2.75) is 25.8 Å². The van der Waals surface area contributed by atoms with Gasteiger partial charge in [0, 0.05) is 19.3 Å². The lowest BCUT2D eigenvalue weighted by Crippen LogP contribution is -2.22. The van der Waals surface area contributed by atoms with E-state index in [0.29, 0.717) is 11.8 Å². The van der Waals surface area contributed by atoms with Gasteiger partial charge in [0.15, 0.2) is 0 Å². The van der Waals surface area contributed by atoms with Gasteiger partial charge < -0.3 is 4.74 Å². The van der Waals surface area contributed by atoms with Gasteiger partial charge in [0.2, 0.25) is 0 Å². The van der Waals surface area contributed by atoms with Gasteiger partial charge in [-0.3, -0.25) is 0 Å². The summed E-state index contributed by atoms with van der Waals surface area (Å²) in [5, 5.41) is 0.536. The van der Waals surface area contributed by atoms with E-state index in [-0.39, 0.29) is 0 Å². The number of thiol groups is 1. The van der Waals surface area contributed by atoms with Crippen molar-refractivity contribution in [2.75, 3.05) is 13.2 Å². The van der Waals surface area contributed by atoms with Crippen LogP contribution in [0.1, 0.15) is 23.1 Å². The number of halogens is 1. The van der Waals surface area contributed by atoms with Gasteiger partial charge in [-0.1, -0.05) is 36.5 Å². The van der Waals surface area contributed by atoms with E-state index in [1.54, 1.807) is 0 Å². The molecule has 0 spiro atoms. The molecule has 2 heterocycles. The number of nitrogens with zero attached hydrogens (tertiary/aromatic N) is 2. The SMILES string of the molecule is SN1CCc2cc(OCCCc3ccc(Cl)nc3)ccc2C1. The highest BCUT2D eigenvalue weighted by Gasteiger charge is 2.14. The van der Waals surface area contributed by atoms with Crippen molar-refractivity contribution >= 4 is 24.4 Å². The standard InChI is InChI=1S/C17H19ClN2OS/c18-17-6-3-13(11-19-17)2-1-9-21-16-5-4-15-12-20(22)8-7-14(15)10-16/h3-6,10-11,22H,1-2,7-9,12H2. The summed E-state index contributed by atoms with van der Waals surface area (Å²) in [5.74, 6) is 0.959. The van der Waals surface area contributed by atoms with Crippen LogP contribution in [0.3, 0.4) is 0 Å². The van der Waals surface area contributed by atoms with Crippen LogP contribution in [0.25, 0.3) is 0 Å². The van der Waals surface area contributed by atoms with Crippen LogP contribution in [0, 0.1) is 0 Å².